The van der Waals surface area contributed by atoms with Crippen molar-refractivity contribution in [3.63, 3.8) is 0 Å². The number of hydrogen-bond acceptors (Lipinski definition) is 5. The van der Waals surface area contributed by atoms with E-state index in [1.165, 1.54) is 0 Å². The second kappa shape index (κ2) is 4.59. The Morgan fingerprint density at radius 1 is 1.25 bits per heavy atom. The van der Waals surface area contributed by atoms with Gasteiger partial charge in [-0.1, -0.05) is 0 Å². The molecule has 1 aliphatic rings. The zero-order valence-electron chi connectivity index (χ0n) is 9.06. The number of nitrogens with one attached hydrogen (secondary N) is 1. The van der Waals surface area contributed by atoms with Crippen LogP contribution >= 0.6 is 0 Å². The summed E-state index contributed by atoms with van der Waals surface area (Å²) in [6, 6.07) is 3.32. The Bertz CT molecular complexity index is 376. The first kappa shape index (κ1) is 11.0. The summed E-state index contributed by atoms with van der Waals surface area (Å²) in [4.78, 5) is 0. The number of fused-ring (bicyclic) bond motifs is 1. The molecule has 0 aromatic heterocycles. The predicted molar refractivity (Wildman–Crippen MR) is 58.9 cm³/mol. The number of rotatable bonds is 4. The molecule has 5 nitrogen and oxygen atoms in total. The van der Waals surface area contributed by atoms with Crippen LogP contribution in [-0.4, -0.2) is 36.3 Å². The summed E-state index contributed by atoms with van der Waals surface area (Å²) in [5, 5.41) is 21.0. The Morgan fingerprint density at radius 2 is 1.88 bits per heavy atom. The average molecular weight is 225 g/mol. The van der Waals surface area contributed by atoms with Crippen LogP contribution in [0.1, 0.15) is 5.56 Å². The van der Waals surface area contributed by atoms with Crippen molar-refractivity contribution in [2.45, 2.75) is 13.0 Å². The van der Waals surface area contributed by atoms with Gasteiger partial charge in [-0.15, -0.1) is 0 Å². The highest BCUT2D eigenvalue weighted by molar-refractivity contribution is 5.61. The van der Waals surface area contributed by atoms with Crippen molar-refractivity contribution in [3.05, 3.63) is 17.7 Å². The van der Waals surface area contributed by atoms with E-state index in [9.17, 15) is 0 Å². The summed E-state index contributed by atoms with van der Waals surface area (Å²) in [5.41, 5.74) is 1.81. The topological polar surface area (TPSA) is 71.0 Å². The number of benzene rings is 1. The van der Waals surface area contributed by atoms with Crippen LogP contribution in [0.5, 0.6) is 11.5 Å². The molecule has 16 heavy (non-hydrogen) atoms. The number of anilines is 1. The van der Waals surface area contributed by atoms with Crippen LogP contribution in [0.25, 0.3) is 0 Å². The van der Waals surface area contributed by atoms with E-state index >= 15 is 0 Å². The van der Waals surface area contributed by atoms with Gasteiger partial charge in [-0.2, -0.15) is 0 Å². The van der Waals surface area contributed by atoms with Crippen molar-refractivity contribution in [1.29, 1.82) is 0 Å². The molecule has 0 amide bonds. The molecule has 1 heterocycles. The fourth-order valence-electron chi connectivity index (χ4n) is 1.57. The van der Waals surface area contributed by atoms with Crippen molar-refractivity contribution in [2.75, 3.05) is 25.3 Å². The van der Waals surface area contributed by atoms with Gasteiger partial charge >= 0.3 is 0 Å². The van der Waals surface area contributed by atoms with Crippen molar-refractivity contribution >= 4 is 5.69 Å². The third kappa shape index (κ3) is 2.05. The molecule has 5 heteroatoms. The van der Waals surface area contributed by atoms with E-state index in [-0.39, 0.29) is 26.0 Å². The first-order valence-electron chi connectivity index (χ1n) is 5.13. The zero-order chi connectivity index (χ0) is 11.5. The van der Waals surface area contributed by atoms with E-state index in [1.54, 1.807) is 0 Å². The molecule has 1 aliphatic heterocycles. The molecule has 2 rings (SSSR count). The van der Waals surface area contributed by atoms with Crippen molar-refractivity contribution in [2.24, 2.45) is 0 Å². The maximum absolute atomic E-state index is 8.99. The Hall–Kier alpha value is -1.46. The summed E-state index contributed by atoms with van der Waals surface area (Å²) in [6.07, 6.45) is 0. The van der Waals surface area contributed by atoms with Crippen LogP contribution in [0.15, 0.2) is 12.1 Å². The third-order valence-electron chi connectivity index (χ3n) is 2.52. The van der Waals surface area contributed by atoms with E-state index in [0.29, 0.717) is 5.75 Å². The van der Waals surface area contributed by atoms with Gasteiger partial charge in [-0.05, 0) is 18.6 Å². The van der Waals surface area contributed by atoms with Gasteiger partial charge in [0.05, 0.1) is 19.3 Å². The molecule has 3 N–H and O–H groups in total. The number of aryl methyl sites for hydroxylation is 1. The largest absolute Gasteiger partial charge is 0.454 e. The summed E-state index contributed by atoms with van der Waals surface area (Å²) in [5.74, 6) is 1.41. The average Bonchev–Trinajstić information content (AvgIpc) is 2.72. The molecule has 88 valence electrons. The van der Waals surface area contributed by atoms with E-state index in [2.05, 4.69) is 5.32 Å². The minimum absolute atomic E-state index is 0.121. The monoisotopic (exact) mass is 225 g/mol. The van der Waals surface area contributed by atoms with E-state index in [1.807, 2.05) is 19.1 Å². The van der Waals surface area contributed by atoms with Crippen molar-refractivity contribution in [1.82, 2.24) is 0 Å². The molecule has 0 spiro atoms. The molecule has 1 aromatic carbocycles. The van der Waals surface area contributed by atoms with Gasteiger partial charge in [0.25, 0.3) is 0 Å². The van der Waals surface area contributed by atoms with Crippen LogP contribution in [0.4, 0.5) is 5.69 Å². The first-order chi connectivity index (χ1) is 7.74. The molecule has 1 aromatic rings. The molecule has 0 aliphatic carbocycles. The van der Waals surface area contributed by atoms with Crippen LogP contribution in [0.3, 0.4) is 0 Å². The summed E-state index contributed by atoms with van der Waals surface area (Å²) < 4.78 is 10.5. The Kier molecular flexibility index (Phi) is 3.17. The molecule has 0 atom stereocenters. The van der Waals surface area contributed by atoms with Crippen LogP contribution in [0, 0.1) is 6.92 Å². The lowest BCUT2D eigenvalue weighted by Crippen LogP contribution is -2.27. The van der Waals surface area contributed by atoms with Crippen LogP contribution < -0.4 is 14.8 Å². The lowest BCUT2D eigenvalue weighted by atomic mass is 10.1. The normalized spacial score (nSPS) is 13.2. The highest BCUT2D eigenvalue weighted by atomic mass is 16.7. The van der Waals surface area contributed by atoms with E-state index in [4.69, 9.17) is 19.7 Å². The first-order valence-corrected chi connectivity index (χ1v) is 5.13. The number of aliphatic hydroxyl groups excluding tert-OH is 2. The maximum atomic E-state index is 8.99. The van der Waals surface area contributed by atoms with Crippen LogP contribution in [-0.2, 0) is 0 Å². The van der Waals surface area contributed by atoms with Gasteiger partial charge in [0.15, 0.2) is 11.5 Å². The lowest BCUT2D eigenvalue weighted by Gasteiger charge is -2.17. The van der Waals surface area contributed by atoms with Gasteiger partial charge in [-0.3, -0.25) is 0 Å². The van der Waals surface area contributed by atoms with Gasteiger partial charge < -0.3 is 25.0 Å². The summed E-state index contributed by atoms with van der Waals surface area (Å²) >= 11 is 0. The highest BCUT2D eigenvalue weighted by Crippen LogP contribution is 2.36. The molecular weight excluding hydrogens is 210 g/mol. The molecule has 0 saturated carbocycles. The molecule has 0 unspecified atom stereocenters. The van der Waals surface area contributed by atoms with E-state index < -0.39 is 0 Å². The van der Waals surface area contributed by atoms with E-state index in [0.717, 1.165) is 17.0 Å². The fourth-order valence-corrected chi connectivity index (χ4v) is 1.57. The number of hydrogen-bond donors (Lipinski definition) is 3. The minimum atomic E-state index is -0.362. The summed E-state index contributed by atoms with van der Waals surface area (Å²) in [7, 11) is 0. The standard InChI is InChI=1S/C11H15NO4/c1-7-2-10-11(16-6-15-10)3-9(7)12-8(4-13)5-14/h2-3,8,12-14H,4-6H2,1H3. The second-order valence-electron chi connectivity index (χ2n) is 3.73. The lowest BCUT2D eigenvalue weighted by molar-refractivity contribution is 0.174. The Balaban J connectivity index is 2.21. The maximum Gasteiger partial charge on any atom is 0.231 e. The highest BCUT2D eigenvalue weighted by Gasteiger charge is 2.16. The Labute approximate surface area is 93.6 Å². The quantitative estimate of drug-likeness (QED) is 0.695. The number of aliphatic hydroxyl groups is 2. The van der Waals surface area contributed by atoms with Gasteiger partial charge in [0.2, 0.25) is 6.79 Å². The Morgan fingerprint density at radius 3 is 2.50 bits per heavy atom. The predicted octanol–water partition coefficient (Wildman–Crippen LogP) is 0.489. The molecular formula is C11H15NO4. The minimum Gasteiger partial charge on any atom is -0.454 e. The SMILES string of the molecule is Cc1cc2c(cc1NC(CO)CO)OCO2. The molecule has 0 bridgehead atoms. The van der Waals surface area contributed by atoms with Gasteiger partial charge in [0, 0.05) is 11.8 Å². The third-order valence-corrected chi connectivity index (χ3v) is 2.52. The second-order valence-corrected chi connectivity index (χ2v) is 3.73. The van der Waals surface area contributed by atoms with Crippen molar-refractivity contribution in [3.8, 4) is 11.5 Å². The molecule has 0 fully saturated rings. The zero-order valence-corrected chi connectivity index (χ0v) is 9.06. The van der Waals surface area contributed by atoms with Gasteiger partial charge in [0.1, 0.15) is 0 Å². The smallest absolute Gasteiger partial charge is 0.231 e. The van der Waals surface area contributed by atoms with Crippen LogP contribution in [0.2, 0.25) is 0 Å². The fraction of sp³-hybridized carbons (Fsp3) is 0.455. The number of ether oxygens (including phenoxy) is 2. The van der Waals surface area contributed by atoms with Crippen molar-refractivity contribution < 1.29 is 19.7 Å². The molecule has 0 saturated heterocycles. The molecule has 0 radical (unpaired) electrons. The summed E-state index contributed by atoms with van der Waals surface area (Å²) in [6.45, 7) is 1.92. The van der Waals surface area contributed by atoms with Gasteiger partial charge in [-0.25, -0.2) is 0 Å².